The second-order valence-electron chi connectivity index (χ2n) is 3.65. The second-order valence-corrected chi connectivity index (χ2v) is 5.08. The molecule has 1 heterocycles. The number of rotatable bonds is 6. The molecule has 0 aliphatic rings. The molecule has 0 bridgehead atoms. The maximum absolute atomic E-state index is 8.86. The molecule has 1 unspecified atom stereocenters. The summed E-state index contributed by atoms with van der Waals surface area (Å²) in [4.78, 5) is 8.64. The molecule has 0 saturated heterocycles. The van der Waals surface area contributed by atoms with Crippen LogP contribution in [-0.4, -0.2) is 33.5 Å². The molecule has 0 aromatic carbocycles. The van der Waals surface area contributed by atoms with Crippen LogP contribution in [0.5, 0.6) is 0 Å². The summed E-state index contributed by atoms with van der Waals surface area (Å²) in [5.74, 6) is 0.673. The fourth-order valence-electron chi connectivity index (χ4n) is 1.22. The van der Waals surface area contributed by atoms with Crippen LogP contribution in [-0.2, 0) is 0 Å². The first-order chi connectivity index (χ1) is 7.67. The average molecular weight is 241 g/mol. The summed E-state index contributed by atoms with van der Waals surface area (Å²) in [5, 5.41) is 13.3. The first-order valence-corrected chi connectivity index (χ1v) is 6.40. The molecule has 4 nitrogen and oxygen atoms in total. The fraction of sp³-hybridized carbons (Fsp3) is 0.636. The predicted octanol–water partition coefficient (Wildman–Crippen LogP) is 2.08. The third-order valence-corrected chi connectivity index (χ3v) is 3.38. The first-order valence-electron chi connectivity index (χ1n) is 5.52. The van der Waals surface area contributed by atoms with Gasteiger partial charge in [-0.1, -0.05) is 6.92 Å². The van der Waals surface area contributed by atoms with E-state index < -0.39 is 0 Å². The number of nitrogens with zero attached hydrogens (tertiary/aromatic N) is 2. The van der Waals surface area contributed by atoms with Crippen molar-refractivity contribution in [1.82, 2.24) is 9.97 Å². The van der Waals surface area contributed by atoms with Gasteiger partial charge in [0.15, 0.2) is 0 Å². The van der Waals surface area contributed by atoms with Crippen molar-refractivity contribution in [3.05, 3.63) is 11.8 Å². The summed E-state index contributed by atoms with van der Waals surface area (Å²) in [5.41, 5.74) is 1.08. The van der Waals surface area contributed by atoms with Crippen LogP contribution in [0.1, 0.15) is 25.8 Å². The minimum atomic E-state index is 0.221. The first kappa shape index (κ1) is 13.3. The molecule has 90 valence electrons. The van der Waals surface area contributed by atoms with Gasteiger partial charge in [0, 0.05) is 24.6 Å². The van der Waals surface area contributed by atoms with E-state index in [1.165, 1.54) is 0 Å². The zero-order valence-corrected chi connectivity index (χ0v) is 10.8. The summed E-state index contributed by atoms with van der Waals surface area (Å²) in [7, 11) is 0. The third-order valence-electron chi connectivity index (χ3n) is 2.11. The summed E-state index contributed by atoms with van der Waals surface area (Å²) < 4.78 is 0. The zero-order valence-electron chi connectivity index (χ0n) is 10.0. The quantitative estimate of drug-likeness (QED) is 0.590. The second kappa shape index (κ2) is 6.70. The molecule has 0 amide bonds. The molecule has 0 aliphatic carbocycles. The van der Waals surface area contributed by atoms with Gasteiger partial charge in [-0.05, 0) is 25.8 Å². The summed E-state index contributed by atoms with van der Waals surface area (Å²) in [6, 6.07) is 0. The molecular formula is C11H19N3OS. The molecule has 1 aromatic heterocycles. The monoisotopic (exact) mass is 241 g/mol. The Bertz CT molecular complexity index is 333. The van der Waals surface area contributed by atoms with Crippen LogP contribution >= 0.6 is 11.8 Å². The molecule has 2 N–H and O–H groups in total. The SMILES string of the molecule is CCNc1ncc(C)c(SC(C)CCO)n1. The van der Waals surface area contributed by atoms with Gasteiger partial charge in [-0.2, -0.15) is 0 Å². The van der Waals surface area contributed by atoms with E-state index in [1.807, 2.05) is 20.0 Å². The molecule has 0 radical (unpaired) electrons. The minimum absolute atomic E-state index is 0.221. The number of aryl methyl sites for hydroxylation is 1. The Hall–Kier alpha value is -0.810. The lowest BCUT2D eigenvalue weighted by atomic mass is 10.3. The highest BCUT2D eigenvalue weighted by molar-refractivity contribution is 7.99. The van der Waals surface area contributed by atoms with Gasteiger partial charge in [-0.3, -0.25) is 0 Å². The van der Waals surface area contributed by atoms with Crippen LogP contribution in [0.15, 0.2) is 11.2 Å². The van der Waals surface area contributed by atoms with Gasteiger partial charge >= 0.3 is 0 Å². The lowest BCUT2D eigenvalue weighted by Crippen LogP contribution is -2.05. The van der Waals surface area contributed by atoms with Crippen LogP contribution in [0.25, 0.3) is 0 Å². The molecule has 0 spiro atoms. The normalized spacial score (nSPS) is 12.5. The Balaban J connectivity index is 2.73. The minimum Gasteiger partial charge on any atom is -0.396 e. The van der Waals surface area contributed by atoms with Crippen molar-refractivity contribution in [3.8, 4) is 0 Å². The maximum atomic E-state index is 8.86. The van der Waals surface area contributed by atoms with Gasteiger partial charge in [0.2, 0.25) is 5.95 Å². The van der Waals surface area contributed by atoms with E-state index in [1.54, 1.807) is 11.8 Å². The largest absolute Gasteiger partial charge is 0.396 e. The summed E-state index contributed by atoms with van der Waals surface area (Å²) >= 11 is 1.68. The molecule has 0 aliphatic heterocycles. The Morgan fingerprint density at radius 2 is 2.31 bits per heavy atom. The topological polar surface area (TPSA) is 58.0 Å². The maximum Gasteiger partial charge on any atom is 0.223 e. The van der Waals surface area contributed by atoms with Gasteiger partial charge < -0.3 is 10.4 Å². The van der Waals surface area contributed by atoms with Crippen LogP contribution in [0.4, 0.5) is 5.95 Å². The van der Waals surface area contributed by atoms with E-state index in [-0.39, 0.29) is 6.61 Å². The molecule has 0 saturated carbocycles. The van der Waals surface area contributed by atoms with Crippen molar-refractivity contribution in [3.63, 3.8) is 0 Å². The molecule has 1 rings (SSSR count). The van der Waals surface area contributed by atoms with Crippen molar-refractivity contribution in [2.45, 2.75) is 37.5 Å². The van der Waals surface area contributed by atoms with Gasteiger partial charge in [-0.25, -0.2) is 9.97 Å². The lowest BCUT2D eigenvalue weighted by molar-refractivity contribution is 0.289. The van der Waals surface area contributed by atoms with Gasteiger partial charge in [0.25, 0.3) is 0 Å². The van der Waals surface area contributed by atoms with E-state index >= 15 is 0 Å². The summed E-state index contributed by atoms with van der Waals surface area (Å²) in [6.45, 7) is 7.15. The van der Waals surface area contributed by atoms with E-state index in [4.69, 9.17) is 5.11 Å². The Morgan fingerprint density at radius 1 is 1.56 bits per heavy atom. The van der Waals surface area contributed by atoms with Gasteiger partial charge in [0.05, 0.1) is 0 Å². The number of aliphatic hydroxyl groups excluding tert-OH is 1. The number of hydrogen-bond donors (Lipinski definition) is 2. The number of aromatic nitrogens is 2. The van der Waals surface area contributed by atoms with Crippen LogP contribution in [0, 0.1) is 6.92 Å². The van der Waals surface area contributed by atoms with Crippen LogP contribution < -0.4 is 5.32 Å². The number of anilines is 1. The zero-order chi connectivity index (χ0) is 12.0. The highest BCUT2D eigenvalue weighted by Gasteiger charge is 2.09. The molecule has 16 heavy (non-hydrogen) atoms. The Kier molecular flexibility index (Phi) is 5.55. The summed E-state index contributed by atoms with van der Waals surface area (Å²) in [6.07, 6.45) is 2.61. The van der Waals surface area contributed by atoms with Crippen molar-refractivity contribution < 1.29 is 5.11 Å². The van der Waals surface area contributed by atoms with E-state index in [2.05, 4.69) is 22.2 Å². The molecule has 0 fully saturated rings. The number of aliphatic hydroxyl groups is 1. The average Bonchev–Trinajstić information content (AvgIpc) is 2.24. The Labute approximate surface area is 101 Å². The number of hydrogen-bond acceptors (Lipinski definition) is 5. The van der Waals surface area contributed by atoms with E-state index in [0.717, 1.165) is 23.6 Å². The van der Waals surface area contributed by atoms with E-state index in [9.17, 15) is 0 Å². The molecule has 5 heteroatoms. The highest BCUT2D eigenvalue weighted by atomic mass is 32.2. The van der Waals surface area contributed by atoms with Crippen molar-refractivity contribution in [1.29, 1.82) is 0 Å². The van der Waals surface area contributed by atoms with Gasteiger partial charge in [-0.15, -0.1) is 11.8 Å². The lowest BCUT2D eigenvalue weighted by Gasteiger charge is -2.11. The predicted molar refractivity (Wildman–Crippen MR) is 68.0 cm³/mol. The fourth-order valence-corrected chi connectivity index (χ4v) is 2.20. The van der Waals surface area contributed by atoms with E-state index in [0.29, 0.717) is 11.2 Å². The highest BCUT2D eigenvalue weighted by Crippen LogP contribution is 2.26. The molecule has 1 aromatic rings. The van der Waals surface area contributed by atoms with Crippen molar-refractivity contribution in [2.24, 2.45) is 0 Å². The van der Waals surface area contributed by atoms with Crippen LogP contribution in [0.3, 0.4) is 0 Å². The van der Waals surface area contributed by atoms with Crippen molar-refractivity contribution in [2.75, 3.05) is 18.5 Å². The number of nitrogens with one attached hydrogen (secondary N) is 1. The van der Waals surface area contributed by atoms with Crippen LogP contribution in [0.2, 0.25) is 0 Å². The number of thioether (sulfide) groups is 1. The smallest absolute Gasteiger partial charge is 0.223 e. The van der Waals surface area contributed by atoms with Crippen molar-refractivity contribution >= 4 is 17.7 Å². The third kappa shape index (κ3) is 3.98. The molecule has 1 atom stereocenters. The Morgan fingerprint density at radius 3 is 2.94 bits per heavy atom. The van der Waals surface area contributed by atoms with Gasteiger partial charge in [0.1, 0.15) is 5.03 Å². The molecular weight excluding hydrogens is 222 g/mol. The standard InChI is InChI=1S/C11H19N3OS/c1-4-12-11-13-7-8(2)10(14-11)16-9(3)5-6-15/h7,9,15H,4-6H2,1-3H3,(H,12,13,14).